The molecule has 6 atom stereocenters. The number of unbranched alkanes of at least 4 members (excludes halogenated alkanes) is 1. The largest absolute Gasteiger partial charge is 0.396 e. The molecule has 1 aromatic carbocycles. The summed E-state index contributed by atoms with van der Waals surface area (Å²) in [7, 11) is 1.73. The van der Waals surface area contributed by atoms with Crippen molar-refractivity contribution < 1.29 is 19.5 Å². The molecule has 2 bridgehead atoms. The van der Waals surface area contributed by atoms with Gasteiger partial charge in [0.15, 0.2) is 0 Å². The van der Waals surface area contributed by atoms with E-state index in [-0.39, 0.29) is 41.0 Å². The van der Waals surface area contributed by atoms with Gasteiger partial charge in [0.25, 0.3) is 5.91 Å². The first-order chi connectivity index (χ1) is 18.1. The number of likely N-dealkylation sites (N-methyl/N-ethyl adjacent to an activating group) is 1. The Labute approximate surface area is 242 Å². The van der Waals surface area contributed by atoms with Gasteiger partial charge in [0.2, 0.25) is 11.8 Å². The number of aryl methyl sites for hydroxylation is 1. The summed E-state index contributed by atoms with van der Waals surface area (Å²) in [6.45, 7) is 10.5. The van der Waals surface area contributed by atoms with Crippen molar-refractivity contribution in [2.75, 3.05) is 38.2 Å². The number of nitrogens with zero attached hydrogens (tertiary/aromatic N) is 3. The minimum absolute atomic E-state index is 0.00434. The molecule has 0 aliphatic carbocycles. The van der Waals surface area contributed by atoms with E-state index >= 15 is 0 Å². The van der Waals surface area contributed by atoms with Gasteiger partial charge in [0, 0.05) is 43.4 Å². The Balaban J connectivity index is 1.81. The van der Waals surface area contributed by atoms with E-state index < -0.39 is 22.6 Å². The number of anilines is 1. The number of aliphatic hydroxyl groups excluding tert-OH is 1. The maximum atomic E-state index is 14.6. The van der Waals surface area contributed by atoms with Crippen LogP contribution < -0.4 is 4.90 Å². The zero-order chi connectivity index (χ0) is 27.8. The first-order valence-corrected chi connectivity index (χ1v) is 15.1. The third kappa shape index (κ3) is 4.73. The summed E-state index contributed by atoms with van der Waals surface area (Å²) in [6, 6.07) is 4.72. The molecule has 206 valence electrons. The number of carbonyl (C=O) groups is 3. The van der Waals surface area contributed by atoms with Crippen molar-refractivity contribution in [2.24, 2.45) is 11.8 Å². The number of rotatable bonds is 11. The number of carbonyl (C=O) groups excluding carboxylic acids is 3. The maximum absolute atomic E-state index is 14.6. The summed E-state index contributed by atoms with van der Waals surface area (Å²) in [6.07, 6.45) is 5.00. The molecule has 3 aliphatic heterocycles. The molecule has 3 saturated heterocycles. The summed E-state index contributed by atoms with van der Waals surface area (Å²) in [4.78, 5) is 47.3. The van der Waals surface area contributed by atoms with Crippen LogP contribution in [0.2, 0.25) is 5.02 Å². The Bertz CT molecular complexity index is 1120. The first-order valence-electron chi connectivity index (χ1n) is 12.9. The SMILES string of the molecule is C=CCN(C)C(=O)[C@H]1[C@H]2C(=O)N(CCCCO)C(C(=O)N(CC=C)c3c(C)cccc3Cl)C23CC(Br)[C@@H]1S3. The topological polar surface area (TPSA) is 81.2 Å². The number of hydrogen-bond donors (Lipinski definition) is 1. The van der Waals surface area contributed by atoms with Crippen molar-refractivity contribution >= 4 is 62.7 Å². The Morgan fingerprint density at radius 3 is 2.61 bits per heavy atom. The fourth-order valence-electron chi connectivity index (χ4n) is 6.40. The minimum Gasteiger partial charge on any atom is -0.396 e. The average Bonchev–Trinajstić information content (AvgIpc) is 3.46. The van der Waals surface area contributed by atoms with Gasteiger partial charge in [-0.1, -0.05) is 51.8 Å². The third-order valence-corrected chi connectivity index (χ3v) is 11.5. The van der Waals surface area contributed by atoms with Crippen LogP contribution >= 0.6 is 39.3 Å². The molecule has 1 spiro atoms. The Kier molecular flexibility index (Phi) is 9.02. The third-order valence-electron chi connectivity index (χ3n) is 7.93. The molecule has 3 heterocycles. The lowest BCUT2D eigenvalue weighted by Gasteiger charge is -2.38. The molecule has 0 saturated carbocycles. The Hall–Kier alpha value is -1.81. The summed E-state index contributed by atoms with van der Waals surface area (Å²) in [5.41, 5.74) is 1.45. The lowest BCUT2D eigenvalue weighted by atomic mass is 9.70. The summed E-state index contributed by atoms with van der Waals surface area (Å²) in [5, 5.41) is 9.74. The number of thioether (sulfide) groups is 1. The molecule has 0 radical (unpaired) electrons. The number of benzene rings is 1. The molecule has 38 heavy (non-hydrogen) atoms. The second-order valence-electron chi connectivity index (χ2n) is 10.3. The average molecular weight is 625 g/mol. The van der Waals surface area contributed by atoms with Crippen molar-refractivity contribution in [3.05, 3.63) is 54.1 Å². The fraction of sp³-hybridized carbons (Fsp3) is 0.536. The molecule has 1 aromatic rings. The van der Waals surface area contributed by atoms with Gasteiger partial charge in [-0.3, -0.25) is 14.4 Å². The number of amides is 3. The van der Waals surface area contributed by atoms with Gasteiger partial charge >= 0.3 is 0 Å². The predicted octanol–water partition coefficient (Wildman–Crippen LogP) is 4.05. The van der Waals surface area contributed by atoms with E-state index in [1.54, 1.807) is 51.7 Å². The van der Waals surface area contributed by atoms with E-state index in [2.05, 4.69) is 29.1 Å². The molecular weight excluding hydrogens is 590 g/mol. The van der Waals surface area contributed by atoms with Gasteiger partial charge in [0.05, 0.1) is 27.3 Å². The van der Waals surface area contributed by atoms with Crippen LogP contribution in [0.25, 0.3) is 0 Å². The molecule has 3 unspecified atom stereocenters. The van der Waals surface area contributed by atoms with Gasteiger partial charge in [-0.2, -0.15) is 0 Å². The molecule has 10 heteroatoms. The van der Waals surface area contributed by atoms with E-state index in [0.29, 0.717) is 43.1 Å². The zero-order valence-corrected chi connectivity index (χ0v) is 25.0. The van der Waals surface area contributed by atoms with Crippen LogP contribution in [0.4, 0.5) is 5.69 Å². The quantitative estimate of drug-likeness (QED) is 0.228. The molecule has 3 fully saturated rings. The number of para-hydroxylation sites is 1. The predicted molar refractivity (Wildman–Crippen MR) is 157 cm³/mol. The van der Waals surface area contributed by atoms with E-state index in [4.69, 9.17) is 11.6 Å². The van der Waals surface area contributed by atoms with Gasteiger partial charge in [-0.15, -0.1) is 24.9 Å². The maximum Gasteiger partial charge on any atom is 0.251 e. The van der Waals surface area contributed by atoms with Gasteiger partial charge < -0.3 is 19.8 Å². The van der Waals surface area contributed by atoms with Crippen LogP contribution in [0.3, 0.4) is 0 Å². The summed E-state index contributed by atoms with van der Waals surface area (Å²) >= 11 is 12.0. The van der Waals surface area contributed by atoms with Crippen LogP contribution in [-0.2, 0) is 14.4 Å². The lowest BCUT2D eigenvalue weighted by Crippen LogP contribution is -2.56. The van der Waals surface area contributed by atoms with E-state index in [1.165, 1.54) is 0 Å². The minimum atomic E-state index is -0.771. The van der Waals surface area contributed by atoms with E-state index in [1.807, 2.05) is 19.1 Å². The summed E-state index contributed by atoms with van der Waals surface area (Å²) < 4.78 is -0.754. The van der Waals surface area contributed by atoms with Crippen molar-refractivity contribution in [3.63, 3.8) is 0 Å². The van der Waals surface area contributed by atoms with Gasteiger partial charge in [-0.05, 0) is 37.8 Å². The monoisotopic (exact) mass is 623 g/mol. The number of likely N-dealkylation sites (tertiary alicyclic amines) is 1. The van der Waals surface area contributed by atoms with E-state index in [0.717, 1.165) is 5.56 Å². The van der Waals surface area contributed by atoms with Gasteiger partial charge in [-0.25, -0.2) is 0 Å². The molecule has 1 N–H and O–H groups in total. The van der Waals surface area contributed by atoms with E-state index in [9.17, 15) is 19.5 Å². The number of fused-ring (bicyclic) bond motifs is 1. The fourth-order valence-corrected chi connectivity index (χ4v) is 10.3. The molecule has 7 nitrogen and oxygen atoms in total. The van der Waals surface area contributed by atoms with Crippen LogP contribution in [0.15, 0.2) is 43.5 Å². The van der Waals surface area contributed by atoms with Gasteiger partial charge in [0.1, 0.15) is 6.04 Å². The second kappa shape index (κ2) is 11.7. The highest BCUT2D eigenvalue weighted by molar-refractivity contribution is 9.09. The van der Waals surface area contributed by atoms with Crippen LogP contribution in [0.1, 0.15) is 24.8 Å². The second-order valence-corrected chi connectivity index (χ2v) is 13.4. The van der Waals surface area contributed by atoms with Crippen molar-refractivity contribution in [2.45, 2.75) is 47.1 Å². The molecular formula is C28H35BrClN3O4S. The van der Waals surface area contributed by atoms with Crippen LogP contribution in [0, 0.1) is 18.8 Å². The van der Waals surface area contributed by atoms with Crippen molar-refractivity contribution in [1.29, 1.82) is 0 Å². The molecule has 3 aliphatic rings. The normalized spacial score (nSPS) is 29.3. The van der Waals surface area contributed by atoms with Crippen molar-refractivity contribution in [1.82, 2.24) is 9.80 Å². The number of halogens is 2. The summed E-state index contributed by atoms with van der Waals surface area (Å²) in [5.74, 6) is -1.62. The highest BCUT2D eigenvalue weighted by Crippen LogP contribution is 2.68. The first kappa shape index (κ1) is 29.2. The number of alkyl halides is 1. The highest BCUT2D eigenvalue weighted by atomic mass is 79.9. The Morgan fingerprint density at radius 1 is 1.26 bits per heavy atom. The zero-order valence-electron chi connectivity index (χ0n) is 21.8. The van der Waals surface area contributed by atoms with Crippen LogP contribution in [0.5, 0.6) is 0 Å². The standard InChI is InChI=1S/C28H35BrClN3O4S/c1-5-12-31(4)25(35)20-21-26(36)33(14-7-8-15-34)24(28(21)16-18(29)23(20)38-28)27(37)32(13-6-2)22-17(3)10-9-11-19(22)30/h5-6,9-11,18,20-21,23-24,34H,1-2,7-8,12-16H2,3-4H3/t18?,20-,21-,23-,24?,28?/m0/s1. The smallest absolute Gasteiger partial charge is 0.251 e. The molecule has 0 aromatic heterocycles. The molecule has 4 rings (SSSR count). The highest BCUT2D eigenvalue weighted by Gasteiger charge is 2.76. The van der Waals surface area contributed by atoms with Crippen LogP contribution in [-0.4, -0.2) is 86.8 Å². The van der Waals surface area contributed by atoms with Crippen molar-refractivity contribution in [3.8, 4) is 0 Å². The number of aliphatic hydroxyl groups is 1. The lowest BCUT2D eigenvalue weighted by molar-refractivity contribution is -0.143. The Morgan fingerprint density at radius 2 is 1.97 bits per heavy atom. The molecule has 3 amide bonds. The number of hydrogen-bond acceptors (Lipinski definition) is 5.